The van der Waals surface area contributed by atoms with Gasteiger partial charge < -0.3 is 10.1 Å². The molecule has 0 atom stereocenters. The van der Waals surface area contributed by atoms with E-state index in [0.29, 0.717) is 10.7 Å². The molecular weight excluding hydrogens is 409 g/mol. The number of carbonyl (C=O) groups is 1. The van der Waals surface area contributed by atoms with E-state index in [9.17, 15) is 26.4 Å². The molecule has 0 radical (unpaired) electrons. The number of ether oxygens (including phenoxy) is 1. The van der Waals surface area contributed by atoms with E-state index in [0.717, 1.165) is 24.3 Å². The van der Waals surface area contributed by atoms with Crippen LogP contribution in [0.25, 0.3) is 0 Å². The van der Waals surface area contributed by atoms with Crippen molar-refractivity contribution in [2.75, 3.05) is 11.9 Å². The van der Waals surface area contributed by atoms with Crippen LogP contribution in [0.1, 0.15) is 6.42 Å². The Morgan fingerprint density at radius 2 is 1.78 bits per heavy atom. The lowest BCUT2D eigenvalue weighted by Crippen LogP contribution is -2.27. The summed E-state index contributed by atoms with van der Waals surface area (Å²) in [5, 5.41) is 2.99. The average molecular weight is 423 g/mol. The molecule has 11 heteroatoms. The van der Waals surface area contributed by atoms with Crippen molar-refractivity contribution in [2.45, 2.75) is 17.7 Å². The number of hydrogen-bond donors (Lipinski definition) is 2. The van der Waals surface area contributed by atoms with Gasteiger partial charge in [-0.25, -0.2) is 13.1 Å². The molecule has 0 heterocycles. The number of carbonyl (C=O) groups excluding carboxylic acids is 1. The predicted molar refractivity (Wildman–Crippen MR) is 93.0 cm³/mol. The van der Waals surface area contributed by atoms with Crippen LogP contribution in [-0.4, -0.2) is 27.2 Å². The SMILES string of the molecule is O=C(CCNS(=O)(=O)c1ccc(OC(F)(F)F)cc1)Nc1cccc(Cl)c1. The van der Waals surface area contributed by atoms with E-state index < -0.39 is 28.0 Å². The molecule has 27 heavy (non-hydrogen) atoms. The zero-order chi connectivity index (χ0) is 20.1. The standard InChI is InChI=1S/C16H14ClF3N2O4S/c17-11-2-1-3-12(10-11)22-15(23)8-9-21-27(24,25)14-6-4-13(5-7-14)26-16(18,19)20/h1-7,10,21H,8-9H2,(H,22,23). The first-order chi connectivity index (χ1) is 12.5. The fourth-order valence-electron chi connectivity index (χ4n) is 1.99. The van der Waals surface area contributed by atoms with Gasteiger partial charge in [0.1, 0.15) is 5.75 Å². The van der Waals surface area contributed by atoms with E-state index in [4.69, 9.17) is 11.6 Å². The first-order valence-electron chi connectivity index (χ1n) is 7.46. The first-order valence-corrected chi connectivity index (χ1v) is 9.32. The van der Waals surface area contributed by atoms with Crippen molar-refractivity contribution in [1.29, 1.82) is 0 Å². The Hall–Kier alpha value is -2.30. The van der Waals surface area contributed by atoms with Gasteiger partial charge in [-0.05, 0) is 42.5 Å². The summed E-state index contributed by atoms with van der Waals surface area (Å²) in [5.74, 6) is -0.976. The third-order valence-electron chi connectivity index (χ3n) is 3.12. The smallest absolute Gasteiger partial charge is 0.406 e. The van der Waals surface area contributed by atoms with Gasteiger partial charge in [0.05, 0.1) is 4.90 Å². The quantitative estimate of drug-likeness (QED) is 0.714. The summed E-state index contributed by atoms with van der Waals surface area (Å²) in [6.07, 6.45) is -5.02. The van der Waals surface area contributed by atoms with E-state index in [-0.39, 0.29) is 17.9 Å². The molecule has 0 unspecified atom stereocenters. The lowest BCUT2D eigenvalue weighted by molar-refractivity contribution is -0.274. The molecule has 0 aliphatic rings. The molecule has 0 aliphatic heterocycles. The molecule has 0 spiro atoms. The number of benzene rings is 2. The van der Waals surface area contributed by atoms with Gasteiger partial charge in [0.2, 0.25) is 15.9 Å². The highest BCUT2D eigenvalue weighted by molar-refractivity contribution is 7.89. The van der Waals surface area contributed by atoms with Gasteiger partial charge in [0, 0.05) is 23.7 Å². The molecule has 2 rings (SSSR count). The largest absolute Gasteiger partial charge is 0.573 e. The van der Waals surface area contributed by atoms with Crippen LogP contribution < -0.4 is 14.8 Å². The summed E-state index contributed by atoms with van der Waals surface area (Å²) in [6, 6.07) is 10.1. The van der Waals surface area contributed by atoms with Gasteiger partial charge in [-0.3, -0.25) is 4.79 Å². The molecule has 146 valence electrons. The molecule has 0 aromatic heterocycles. The van der Waals surface area contributed by atoms with Crippen molar-refractivity contribution in [3.8, 4) is 5.75 Å². The van der Waals surface area contributed by atoms with Gasteiger partial charge in [-0.15, -0.1) is 13.2 Å². The number of halogens is 4. The van der Waals surface area contributed by atoms with Gasteiger partial charge >= 0.3 is 6.36 Å². The normalized spacial score (nSPS) is 11.9. The van der Waals surface area contributed by atoms with E-state index in [2.05, 4.69) is 14.8 Å². The highest BCUT2D eigenvalue weighted by atomic mass is 35.5. The Kier molecular flexibility index (Phi) is 6.68. The third-order valence-corrected chi connectivity index (χ3v) is 4.83. The molecule has 0 aliphatic carbocycles. The summed E-state index contributed by atoms with van der Waals surface area (Å²) in [6.45, 7) is -0.199. The van der Waals surface area contributed by atoms with Crippen LogP contribution in [0.15, 0.2) is 53.4 Å². The predicted octanol–water partition coefficient (Wildman–Crippen LogP) is 3.55. The highest BCUT2D eigenvalue weighted by Crippen LogP contribution is 2.23. The molecule has 2 N–H and O–H groups in total. The van der Waals surface area contributed by atoms with Crippen molar-refractivity contribution < 1.29 is 31.1 Å². The van der Waals surface area contributed by atoms with Crippen LogP contribution in [0.4, 0.5) is 18.9 Å². The van der Waals surface area contributed by atoms with Crippen molar-refractivity contribution in [1.82, 2.24) is 4.72 Å². The van der Waals surface area contributed by atoms with E-state index >= 15 is 0 Å². The molecule has 0 fully saturated rings. The average Bonchev–Trinajstić information content (AvgIpc) is 2.53. The lowest BCUT2D eigenvalue weighted by Gasteiger charge is -2.10. The molecule has 0 saturated carbocycles. The fourth-order valence-corrected chi connectivity index (χ4v) is 3.21. The lowest BCUT2D eigenvalue weighted by atomic mass is 10.3. The van der Waals surface area contributed by atoms with Crippen LogP contribution in [0.3, 0.4) is 0 Å². The van der Waals surface area contributed by atoms with Gasteiger partial charge in [0.25, 0.3) is 0 Å². The van der Waals surface area contributed by atoms with E-state index in [1.165, 1.54) is 6.07 Å². The summed E-state index contributed by atoms with van der Waals surface area (Å²) in [7, 11) is -3.98. The zero-order valence-corrected chi connectivity index (χ0v) is 15.2. The number of amides is 1. The molecule has 1 amide bonds. The Morgan fingerprint density at radius 3 is 2.37 bits per heavy atom. The maximum absolute atomic E-state index is 12.1. The number of rotatable bonds is 7. The Balaban J connectivity index is 1.88. The van der Waals surface area contributed by atoms with Crippen LogP contribution in [-0.2, 0) is 14.8 Å². The zero-order valence-electron chi connectivity index (χ0n) is 13.6. The maximum atomic E-state index is 12.1. The Labute approximate surface area is 158 Å². The number of sulfonamides is 1. The number of hydrogen-bond acceptors (Lipinski definition) is 4. The van der Waals surface area contributed by atoms with Gasteiger partial charge in [0.15, 0.2) is 0 Å². The van der Waals surface area contributed by atoms with Crippen LogP contribution in [0.2, 0.25) is 5.02 Å². The number of anilines is 1. The molecule has 0 bridgehead atoms. The third kappa shape index (κ3) is 7.08. The van der Waals surface area contributed by atoms with Crippen molar-refractivity contribution in [3.63, 3.8) is 0 Å². The van der Waals surface area contributed by atoms with Crippen LogP contribution in [0.5, 0.6) is 5.75 Å². The summed E-state index contributed by atoms with van der Waals surface area (Å²) in [4.78, 5) is 11.6. The molecule has 2 aromatic rings. The van der Waals surface area contributed by atoms with Crippen LogP contribution >= 0.6 is 11.6 Å². The summed E-state index contributed by atoms with van der Waals surface area (Å²) < 4.78 is 66.3. The molecule has 2 aromatic carbocycles. The highest BCUT2D eigenvalue weighted by Gasteiger charge is 2.31. The Morgan fingerprint density at radius 1 is 1.11 bits per heavy atom. The topological polar surface area (TPSA) is 84.5 Å². The second-order valence-corrected chi connectivity index (χ2v) is 7.43. The van der Waals surface area contributed by atoms with Crippen molar-refractivity contribution in [3.05, 3.63) is 53.6 Å². The minimum atomic E-state index is -4.87. The van der Waals surface area contributed by atoms with Crippen molar-refractivity contribution in [2.24, 2.45) is 0 Å². The minimum absolute atomic E-state index is 0.152. The van der Waals surface area contributed by atoms with E-state index in [1.54, 1.807) is 18.2 Å². The monoisotopic (exact) mass is 422 g/mol. The number of alkyl halides is 3. The van der Waals surface area contributed by atoms with Crippen LogP contribution in [0, 0.1) is 0 Å². The molecule has 0 saturated heterocycles. The Bertz CT molecular complexity index is 903. The molecular formula is C16H14ClF3N2O4S. The minimum Gasteiger partial charge on any atom is -0.406 e. The first kappa shape index (κ1) is 21.0. The summed E-state index contributed by atoms with van der Waals surface area (Å²) >= 11 is 5.79. The second-order valence-electron chi connectivity index (χ2n) is 5.23. The molecule has 6 nitrogen and oxygen atoms in total. The van der Waals surface area contributed by atoms with E-state index in [1.807, 2.05) is 0 Å². The summed E-state index contributed by atoms with van der Waals surface area (Å²) in [5.41, 5.74) is 0.468. The number of nitrogens with one attached hydrogen (secondary N) is 2. The maximum Gasteiger partial charge on any atom is 0.573 e. The van der Waals surface area contributed by atoms with Gasteiger partial charge in [-0.1, -0.05) is 17.7 Å². The van der Waals surface area contributed by atoms with Crippen molar-refractivity contribution >= 4 is 33.2 Å². The second kappa shape index (κ2) is 8.59. The fraction of sp³-hybridized carbons (Fsp3) is 0.188. The van der Waals surface area contributed by atoms with Gasteiger partial charge in [-0.2, -0.15) is 0 Å².